The van der Waals surface area contributed by atoms with Crippen LogP contribution in [-0.2, 0) is 7.05 Å². The summed E-state index contributed by atoms with van der Waals surface area (Å²) >= 11 is 0. The molecule has 0 aliphatic heterocycles. The SMILES string of the molecule is C/C=C/C(=O)c1nc2ccccc2n1C. The number of hydrogen-bond donors (Lipinski definition) is 0. The molecule has 1 aromatic carbocycles. The van der Waals surface area contributed by atoms with Gasteiger partial charge < -0.3 is 4.57 Å². The topological polar surface area (TPSA) is 34.9 Å². The first-order valence-corrected chi connectivity index (χ1v) is 4.82. The summed E-state index contributed by atoms with van der Waals surface area (Å²) in [5.41, 5.74) is 1.83. The highest BCUT2D eigenvalue weighted by atomic mass is 16.1. The number of rotatable bonds is 2. The van der Waals surface area contributed by atoms with Crippen LogP contribution in [-0.4, -0.2) is 15.3 Å². The largest absolute Gasteiger partial charge is 0.324 e. The van der Waals surface area contributed by atoms with E-state index >= 15 is 0 Å². The summed E-state index contributed by atoms with van der Waals surface area (Å²) in [4.78, 5) is 16.0. The number of aryl methyl sites for hydroxylation is 1. The maximum absolute atomic E-state index is 11.7. The molecule has 1 aromatic heterocycles. The molecule has 1 heterocycles. The van der Waals surface area contributed by atoms with E-state index in [1.54, 1.807) is 6.08 Å². The van der Waals surface area contributed by atoms with E-state index in [4.69, 9.17) is 0 Å². The minimum atomic E-state index is -0.0591. The van der Waals surface area contributed by atoms with Crippen molar-refractivity contribution in [2.45, 2.75) is 6.92 Å². The summed E-state index contributed by atoms with van der Waals surface area (Å²) in [6.45, 7) is 1.82. The summed E-state index contributed by atoms with van der Waals surface area (Å²) < 4.78 is 1.82. The van der Waals surface area contributed by atoms with Gasteiger partial charge in [0.25, 0.3) is 0 Å². The Morgan fingerprint density at radius 2 is 2.13 bits per heavy atom. The van der Waals surface area contributed by atoms with Crippen molar-refractivity contribution in [3.63, 3.8) is 0 Å². The Labute approximate surface area is 88.0 Å². The Balaban J connectivity index is 2.63. The lowest BCUT2D eigenvalue weighted by atomic mass is 10.3. The molecule has 2 rings (SSSR count). The van der Waals surface area contributed by atoms with Crippen molar-refractivity contribution < 1.29 is 4.79 Å². The predicted octanol–water partition coefficient (Wildman–Crippen LogP) is 2.33. The van der Waals surface area contributed by atoms with Crippen LogP contribution in [0.25, 0.3) is 11.0 Å². The van der Waals surface area contributed by atoms with Gasteiger partial charge in [0.2, 0.25) is 5.78 Å². The van der Waals surface area contributed by atoms with E-state index in [-0.39, 0.29) is 5.78 Å². The van der Waals surface area contributed by atoms with Crippen molar-refractivity contribution >= 4 is 16.8 Å². The second kappa shape index (κ2) is 3.69. The zero-order valence-corrected chi connectivity index (χ0v) is 8.77. The number of ketones is 1. The highest BCUT2D eigenvalue weighted by molar-refractivity contribution is 6.03. The number of hydrogen-bond acceptors (Lipinski definition) is 2. The third-order valence-electron chi connectivity index (χ3n) is 2.33. The van der Waals surface area contributed by atoms with Gasteiger partial charge in [0.15, 0.2) is 5.82 Å². The molecule has 0 unspecified atom stereocenters. The Hall–Kier alpha value is -1.90. The van der Waals surface area contributed by atoms with Gasteiger partial charge in [0.1, 0.15) is 0 Å². The quantitative estimate of drug-likeness (QED) is 0.551. The zero-order valence-electron chi connectivity index (χ0n) is 8.77. The first-order chi connectivity index (χ1) is 7.24. The summed E-state index contributed by atoms with van der Waals surface area (Å²) in [5.74, 6) is 0.422. The Morgan fingerprint density at radius 3 is 2.80 bits per heavy atom. The number of carbonyl (C=O) groups excluding carboxylic acids is 1. The van der Waals surface area contributed by atoms with Crippen LogP contribution in [0.5, 0.6) is 0 Å². The monoisotopic (exact) mass is 200 g/mol. The fraction of sp³-hybridized carbons (Fsp3) is 0.167. The van der Waals surface area contributed by atoms with Gasteiger partial charge in [-0.2, -0.15) is 0 Å². The molecule has 0 radical (unpaired) electrons. The van der Waals surface area contributed by atoms with Crippen LogP contribution in [0.15, 0.2) is 36.4 Å². The Morgan fingerprint density at radius 1 is 1.40 bits per heavy atom. The third-order valence-corrected chi connectivity index (χ3v) is 2.33. The number of fused-ring (bicyclic) bond motifs is 1. The van der Waals surface area contributed by atoms with Gasteiger partial charge in [0.05, 0.1) is 11.0 Å². The normalized spacial score (nSPS) is 11.3. The lowest BCUT2D eigenvalue weighted by Crippen LogP contribution is -2.04. The van der Waals surface area contributed by atoms with Gasteiger partial charge in [-0.1, -0.05) is 18.2 Å². The lowest BCUT2D eigenvalue weighted by molar-refractivity contribution is 0.103. The molecule has 2 aromatic rings. The number of allylic oxidation sites excluding steroid dienone is 2. The van der Waals surface area contributed by atoms with Crippen molar-refractivity contribution in [1.29, 1.82) is 0 Å². The first kappa shape index (κ1) is 9.65. The second-order valence-corrected chi connectivity index (χ2v) is 3.35. The van der Waals surface area contributed by atoms with Crippen LogP contribution in [0, 0.1) is 0 Å². The molecule has 3 heteroatoms. The van der Waals surface area contributed by atoms with Gasteiger partial charge in [-0.05, 0) is 25.1 Å². The number of carbonyl (C=O) groups is 1. The summed E-state index contributed by atoms with van der Waals surface area (Å²) in [6, 6.07) is 7.71. The van der Waals surface area contributed by atoms with Gasteiger partial charge in [-0.3, -0.25) is 4.79 Å². The fourth-order valence-electron chi connectivity index (χ4n) is 1.59. The number of aromatic nitrogens is 2. The van der Waals surface area contributed by atoms with E-state index < -0.39 is 0 Å². The van der Waals surface area contributed by atoms with E-state index in [0.29, 0.717) is 5.82 Å². The third kappa shape index (κ3) is 1.56. The zero-order chi connectivity index (χ0) is 10.8. The average molecular weight is 200 g/mol. The number of imidazole rings is 1. The molecule has 0 saturated heterocycles. The van der Waals surface area contributed by atoms with E-state index in [1.807, 2.05) is 42.8 Å². The molecule has 76 valence electrons. The van der Waals surface area contributed by atoms with Crippen molar-refractivity contribution in [2.24, 2.45) is 7.05 Å². The van der Waals surface area contributed by atoms with Crippen LogP contribution in [0.1, 0.15) is 17.5 Å². The van der Waals surface area contributed by atoms with Gasteiger partial charge in [-0.25, -0.2) is 4.98 Å². The highest BCUT2D eigenvalue weighted by Gasteiger charge is 2.11. The minimum Gasteiger partial charge on any atom is -0.324 e. The molecule has 15 heavy (non-hydrogen) atoms. The molecule has 0 aliphatic rings. The van der Waals surface area contributed by atoms with E-state index in [1.165, 1.54) is 6.08 Å². The molecular formula is C12H12N2O. The predicted molar refractivity (Wildman–Crippen MR) is 59.9 cm³/mol. The Kier molecular flexibility index (Phi) is 2.37. The smallest absolute Gasteiger partial charge is 0.220 e. The first-order valence-electron chi connectivity index (χ1n) is 4.82. The molecule has 0 aliphatic carbocycles. The van der Waals surface area contributed by atoms with Crippen molar-refractivity contribution in [2.75, 3.05) is 0 Å². The molecule has 0 N–H and O–H groups in total. The number of benzene rings is 1. The van der Waals surface area contributed by atoms with Crippen LogP contribution < -0.4 is 0 Å². The molecule has 0 saturated carbocycles. The minimum absolute atomic E-state index is 0.0591. The van der Waals surface area contributed by atoms with Crippen LogP contribution in [0.4, 0.5) is 0 Å². The molecule has 3 nitrogen and oxygen atoms in total. The van der Waals surface area contributed by atoms with E-state index in [9.17, 15) is 4.79 Å². The molecule has 0 bridgehead atoms. The van der Waals surface area contributed by atoms with Crippen molar-refractivity contribution in [1.82, 2.24) is 9.55 Å². The lowest BCUT2D eigenvalue weighted by Gasteiger charge is -1.96. The maximum Gasteiger partial charge on any atom is 0.220 e. The molecule has 0 fully saturated rings. The molecule has 0 amide bonds. The fourth-order valence-corrected chi connectivity index (χ4v) is 1.59. The standard InChI is InChI=1S/C12H12N2O/c1-3-6-11(15)12-13-9-7-4-5-8-10(9)14(12)2/h3-8H,1-2H3/b6-3+. The molecule has 0 atom stereocenters. The summed E-state index contributed by atoms with van der Waals surface area (Å²) in [6.07, 6.45) is 3.25. The van der Waals surface area contributed by atoms with Crippen LogP contribution in [0.2, 0.25) is 0 Å². The molecular weight excluding hydrogens is 188 g/mol. The van der Waals surface area contributed by atoms with Crippen molar-refractivity contribution in [3.8, 4) is 0 Å². The highest BCUT2D eigenvalue weighted by Crippen LogP contribution is 2.14. The average Bonchev–Trinajstić information content (AvgIpc) is 2.57. The summed E-state index contributed by atoms with van der Waals surface area (Å²) in [5, 5.41) is 0. The van der Waals surface area contributed by atoms with E-state index in [0.717, 1.165) is 11.0 Å². The molecule has 0 spiro atoms. The van der Waals surface area contributed by atoms with E-state index in [2.05, 4.69) is 4.98 Å². The summed E-state index contributed by atoms with van der Waals surface area (Å²) in [7, 11) is 1.85. The number of nitrogens with zero attached hydrogens (tertiary/aromatic N) is 2. The maximum atomic E-state index is 11.7. The van der Waals surface area contributed by atoms with Crippen molar-refractivity contribution in [3.05, 3.63) is 42.2 Å². The van der Waals surface area contributed by atoms with Gasteiger partial charge >= 0.3 is 0 Å². The van der Waals surface area contributed by atoms with Crippen LogP contribution >= 0.6 is 0 Å². The number of para-hydroxylation sites is 2. The van der Waals surface area contributed by atoms with Crippen LogP contribution in [0.3, 0.4) is 0 Å². The van der Waals surface area contributed by atoms with Gasteiger partial charge in [0, 0.05) is 7.05 Å². The Bertz CT molecular complexity index is 538. The van der Waals surface area contributed by atoms with Gasteiger partial charge in [-0.15, -0.1) is 0 Å². The second-order valence-electron chi connectivity index (χ2n) is 3.35.